The number of carbonyl (C=O) groups is 1. The summed E-state index contributed by atoms with van der Waals surface area (Å²) in [5.41, 5.74) is -0.635. The van der Waals surface area contributed by atoms with Crippen LogP contribution in [0.25, 0.3) is 0 Å². The molecule has 2 N–H and O–H groups in total. The third-order valence-electron chi connectivity index (χ3n) is 2.26. The van der Waals surface area contributed by atoms with Crippen molar-refractivity contribution in [1.29, 1.82) is 0 Å². The van der Waals surface area contributed by atoms with Crippen LogP contribution < -0.4 is 10.6 Å². The number of amides is 1. The molecule has 1 aromatic rings. The van der Waals surface area contributed by atoms with Gasteiger partial charge < -0.3 is 15.4 Å². The van der Waals surface area contributed by atoms with Crippen LogP contribution >= 0.6 is 11.6 Å². The molecule has 0 fully saturated rings. The molecule has 0 aliphatic heterocycles. The van der Waals surface area contributed by atoms with Gasteiger partial charge in [0.05, 0.1) is 11.5 Å². The Bertz CT molecular complexity index is 547. The lowest BCUT2D eigenvalue weighted by Crippen LogP contribution is -2.41. The van der Waals surface area contributed by atoms with E-state index in [1.54, 1.807) is 0 Å². The Balaban J connectivity index is 2.38. The largest absolute Gasteiger partial charge is 0.449 e. The Hall–Kier alpha value is -2.16. The van der Waals surface area contributed by atoms with E-state index >= 15 is 0 Å². The fourth-order valence-corrected chi connectivity index (χ4v) is 1.54. The number of nitro groups is 1. The smallest absolute Gasteiger partial charge is 0.407 e. The summed E-state index contributed by atoms with van der Waals surface area (Å²) >= 11 is 5.60. The lowest BCUT2D eigenvalue weighted by molar-refractivity contribution is -0.384. The summed E-state index contributed by atoms with van der Waals surface area (Å²) in [5, 5.41) is 16.1. The Morgan fingerprint density at radius 2 is 2.18 bits per heavy atom. The molecule has 1 aromatic heterocycles. The Morgan fingerprint density at radius 3 is 2.77 bits per heavy atom. The molecule has 0 unspecified atom stereocenters. The Labute approximate surface area is 132 Å². The van der Waals surface area contributed by atoms with Crippen molar-refractivity contribution in [2.45, 2.75) is 32.7 Å². The minimum absolute atomic E-state index is 0.0316. The molecule has 1 rings (SSSR count). The number of hydrogen-bond acceptors (Lipinski definition) is 7. The van der Waals surface area contributed by atoms with E-state index in [4.69, 9.17) is 16.3 Å². The summed E-state index contributed by atoms with van der Waals surface area (Å²) in [6.45, 7) is 6.02. The monoisotopic (exact) mass is 331 g/mol. The van der Waals surface area contributed by atoms with Crippen LogP contribution in [0.5, 0.6) is 0 Å². The van der Waals surface area contributed by atoms with Crippen LogP contribution in [0.2, 0.25) is 5.28 Å². The van der Waals surface area contributed by atoms with Gasteiger partial charge in [0.2, 0.25) is 11.1 Å². The van der Waals surface area contributed by atoms with E-state index in [9.17, 15) is 14.9 Å². The molecule has 0 saturated heterocycles. The molecular formula is C12H18ClN5O4. The van der Waals surface area contributed by atoms with Crippen LogP contribution in [-0.4, -0.2) is 39.7 Å². The fraction of sp³-hybridized carbons (Fsp3) is 0.583. The zero-order chi connectivity index (χ0) is 16.8. The number of rotatable bonds is 6. The van der Waals surface area contributed by atoms with E-state index in [-0.39, 0.29) is 28.9 Å². The lowest BCUT2D eigenvalue weighted by atomic mass is 10.1. The maximum absolute atomic E-state index is 11.4. The number of hydrogen-bond donors (Lipinski definition) is 2. The average molecular weight is 332 g/mol. The normalized spacial score (nSPS) is 10.9. The van der Waals surface area contributed by atoms with Gasteiger partial charge in [-0.05, 0) is 38.8 Å². The highest BCUT2D eigenvalue weighted by atomic mass is 35.5. The van der Waals surface area contributed by atoms with E-state index in [2.05, 4.69) is 20.6 Å². The van der Waals surface area contributed by atoms with Crippen molar-refractivity contribution in [3.63, 3.8) is 0 Å². The number of carbonyl (C=O) groups excluding carboxylic acids is 1. The third kappa shape index (κ3) is 6.53. The molecule has 0 bridgehead atoms. The molecule has 0 atom stereocenters. The molecule has 0 saturated carbocycles. The van der Waals surface area contributed by atoms with Crippen LogP contribution in [-0.2, 0) is 4.74 Å². The average Bonchev–Trinajstić information content (AvgIpc) is 2.35. The number of ether oxygens (including phenoxy) is 1. The molecule has 0 spiro atoms. The molecule has 0 aromatic carbocycles. The van der Waals surface area contributed by atoms with Crippen molar-refractivity contribution >= 4 is 29.2 Å². The van der Waals surface area contributed by atoms with Gasteiger partial charge in [-0.1, -0.05) is 0 Å². The van der Waals surface area contributed by atoms with E-state index in [1.165, 1.54) is 0 Å². The second kappa shape index (κ2) is 7.74. The maximum atomic E-state index is 11.4. The van der Waals surface area contributed by atoms with Crippen molar-refractivity contribution in [1.82, 2.24) is 15.3 Å². The van der Waals surface area contributed by atoms with Crippen molar-refractivity contribution < 1.29 is 14.5 Å². The Morgan fingerprint density at radius 1 is 1.50 bits per heavy atom. The number of nitrogens with zero attached hydrogens (tertiary/aromatic N) is 3. The molecule has 0 radical (unpaired) electrons. The number of nitrogens with one attached hydrogen (secondary N) is 2. The predicted octanol–water partition coefficient (Wildman–Crippen LogP) is 2.36. The van der Waals surface area contributed by atoms with Gasteiger partial charge in [-0.3, -0.25) is 10.1 Å². The second-order valence-electron chi connectivity index (χ2n) is 5.42. The first-order valence-corrected chi connectivity index (χ1v) is 6.92. The number of aromatic nitrogens is 2. The molecule has 122 valence electrons. The SMILES string of the molecule is CC(C)(C)NC(=O)OCCCNc1nc(Cl)ncc1[N+](=O)[O-]. The van der Waals surface area contributed by atoms with Crippen molar-refractivity contribution in [2.24, 2.45) is 0 Å². The van der Waals surface area contributed by atoms with Gasteiger partial charge >= 0.3 is 11.8 Å². The summed E-state index contributed by atoms with van der Waals surface area (Å²) in [6.07, 6.45) is 0.977. The van der Waals surface area contributed by atoms with Crippen LogP contribution in [0.3, 0.4) is 0 Å². The van der Waals surface area contributed by atoms with E-state index in [1.807, 2.05) is 20.8 Å². The molecule has 1 amide bonds. The minimum atomic E-state index is -0.605. The number of anilines is 1. The van der Waals surface area contributed by atoms with Gasteiger partial charge in [0.1, 0.15) is 6.20 Å². The molecule has 10 heteroatoms. The second-order valence-corrected chi connectivity index (χ2v) is 5.76. The summed E-state index contributed by atoms with van der Waals surface area (Å²) in [5.74, 6) is 0.0316. The van der Waals surface area contributed by atoms with Gasteiger partial charge in [-0.2, -0.15) is 4.98 Å². The van der Waals surface area contributed by atoms with Crippen LogP contribution in [0.1, 0.15) is 27.2 Å². The fourth-order valence-electron chi connectivity index (χ4n) is 1.40. The highest BCUT2D eigenvalue weighted by Crippen LogP contribution is 2.21. The minimum Gasteiger partial charge on any atom is -0.449 e. The first kappa shape index (κ1) is 17.9. The molecule has 9 nitrogen and oxygen atoms in total. The zero-order valence-electron chi connectivity index (χ0n) is 12.6. The van der Waals surface area contributed by atoms with E-state index < -0.39 is 11.0 Å². The molecule has 0 aliphatic rings. The standard InChI is InChI=1S/C12H18ClN5O4/c1-12(2,3)17-11(19)22-6-4-5-14-9-8(18(20)21)7-15-10(13)16-9/h7H,4-6H2,1-3H3,(H,17,19)(H,14,15,16). The first-order chi connectivity index (χ1) is 10.2. The van der Waals surface area contributed by atoms with Gasteiger partial charge in [0.15, 0.2) is 0 Å². The highest BCUT2D eigenvalue weighted by Gasteiger charge is 2.17. The molecular weight excluding hydrogens is 314 g/mol. The van der Waals surface area contributed by atoms with Crippen molar-refractivity contribution in [3.05, 3.63) is 21.6 Å². The van der Waals surface area contributed by atoms with Crippen LogP contribution in [0.15, 0.2) is 6.20 Å². The third-order valence-corrected chi connectivity index (χ3v) is 2.44. The van der Waals surface area contributed by atoms with Gasteiger partial charge in [0.25, 0.3) is 0 Å². The van der Waals surface area contributed by atoms with Crippen molar-refractivity contribution in [2.75, 3.05) is 18.5 Å². The van der Waals surface area contributed by atoms with E-state index in [0.29, 0.717) is 13.0 Å². The van der Waals surface area contributed by atoms with Gasteiger partial charge in [0, 0.05) is 12.1 Å². The quantitative estimate of drug-likeness (QED) is 0.355. The zero-order valence-corrected chi connectivity index (χ0v) is 13.3. The summed E-state index contributed by atoms with van der Waals surface area (Å²) in [7, 11) is 0. The molecule has 22 heavy (non-hydrogen) atoms. The summed E-state index contributed by atoms with van der Waals surface area (Å²) in [4.78, 5) is 28.9. The van der Waals surface area contributed by atoms with Crippen LogP contribution in [0, 0.1) is 10.1 Å². The highest BCUT2D eigenvalue weighted by molar-refractivity contribution is 6.28. The van der Waals surface area contributed by atoms with Crippen LogP contribution in [0.4, 0.5) is 16.3 Å². The van der Waals surface area contributed by atoms with Crippen molar-refractivity contribution in [3.8, 4) is 0 Å². The summed E-state index contributed by atoms with van der Waals surface area (Å²) in [6, 6.07) is 0. The Kier molecular flexibility index (Phi) is 6.29. The summed E-state index contributed by atoms with van der Waals surface area (Å²) < 4.78 is 4.97. The molecule has 0 aliphatic carbocycles. The van der Waals surface area contributed by atoms with Gasteiger partial charge in [-0.15, -0.1) is 0 Å². The topological polar surface area (TPSA) is 119 Å². The predicted molar refractivity (Wildman–Crippen MR) is 81.0 cm³/mol. The first-order valence-electron chi connectivity index (χ1n) is 6.55. The number of halogens is 1. The van der Waals surface area contributed by atoms with E-state index in [0.717, 1.165) is 6.20 Å². The maximum Gasteiger partial charge on any atom is 0.407 e. The lowest BCUT2D eigenvalue weighted by Gasteiger charge is -2.19. The number of alkyl carbamates (subject to hydrolysis) is 1. The van der Waals surface area contributed by atoms with Gasteiger partial charge in [-0.25, -0.2) is 9.78 Å². The molecule has 1 heterocycles.